The molecule has 0 radical (unpaired) electrons. The molecule has 2 rings (SSSR count). The van der Waals surface area contributed by atoms with Crippen molar-refractivity contribution in [1.29, 1.82) is 0 Å². The molecule has 24 heavy (non-hydrogen) atoms. The van der Waals surface area contributed by atoms with Crippen LogP contribution in [0.5, 0.6) is 0 Å². The minimum absolute atomic E-state index is 0.132. The number of rotatable bonds is 7. The van der Waals surface area contributed by atoms with Gasteiger partial charge in [-0.1, -0.05) is 23.7 Å². The topological polar surface area (TPSA) is 70.6 Å². The average molecular weight is 355 g/mol. The third-order valence-corrected chi connectivity index (χ3v) is 4.81. The molecule has 0 aromatic heterocycles. The molecular formula is C18H27ClN2O3. The summed E-state index contributed by atoms with van der Waals surface area (Å²) < 4.78 is 4.85. The van der Waals surface area contributed by atoms with Crippen LogP contribution >= 0.6 is 11.6 Å². The molecule has 0 unspecified atom stereocenters. The highest BCUT2D eigenvalue weighted by atomic mass is 35.5. The zero-order valence-electron chi connectivity index (χ0n) is 14.2. The van der Waals surface area contributed by atoms with Gasteiger partial charge in [-0.15, -0.1) is 0 Å². The van der Waals surface area contributed by atoms with Gasteiger partial charge in [0.25, 0.3) is 0 Å². The number of amides is 1. The van der Waals surface area contributed by atoms with E-state index in [1.54, 1.807) is 6.92 Å². The maximum Gasteiger partial charge on any atom is 0.407 e. The summed E-state index contributed by atoms with van der Waals surface area (Å²) >= 11 is 6.13. The third kappa shape index (κ3) is 5.10. The van der Waals surface area contributed by atoms with Gasteiger partial charge in [0, 0.05) is 24.0 Å². The molecule has 1 saturated heterocycles. The Bertz CT molecular complexity index is 535. The Kier molecular flexibility index (Phi) is 7.34. The van der Waals surface area contributed by atoms with Gasteiger partial charge in [0.05, 0.1) is 12.2 Å². The fourth-order valence-electron chi connectivity index (χ4n) is 3.33. The number of hydrogen-bond acceptors (Lipinski definition) is 4. The number of alkyl carbamates (subject to hydrolysis) is 1. The summed E-state index contributed by atoms with van der Waals surface area (Å²) in [6.45, 7) is 4.38. The largest absolute Gasteiger partial charge is 0.450 e. The minimum Gasteiger partial charge on any atom is -0.450 e. The first-order valence-corrected chi connectivity index (χ1v) is 9.04. The summed E-state index contributed by atoms with van der Waals surface area (Å²) in [5, 5.41) is 18.2. The van der Waals surface area contributed by atoms with Crippen molar-refractivity contribution in [3.05, 3.63) is 34.9 Å². The summed E-state index contributed by atoms with van der Waals surface area (Å²) in [5.41, 5.74) is -0.103. The van der Waals surface area contributed by atoms with E-state index in [9.17, 15) is 9.90 Å². The van der Waals surface area contributed by atoms with Crippen LogP contribution in [0.2, 0.25) is 5.02 Å². The van der Waals surface area contributed by atoms with Gasteiger partial charge in [0.1, 0.15) is 0 Å². The SMILES string of the molecule is CCOC(=O)NCCC[C@@](O)(c1cccc(Cl)c1)[C@@H]1CCCNC1. The molecule has 134 valence electrons. The smallest absolute Gasteiger partial charge is 0.407 e. The highest BCUT2D eigenvalue weighted by Crippen LogP contribution is 2.38. The molecular weight excluding hydrogens is 328 g/mol. The molecule has 5 nitrogen and oxygen atoms in total. The standard InChI is InChI=1S/C18H27ClN2O3/c1-2-24-17(22)21-11-5-9-18(23,15-7-4-10-20-13-15)14-6-3-8-16(19)12-14/h3,6,8,12,15,20,23H,2,4-5,7,9-11,13H2,1H3,(H,21,22)/t15-,18-/m1/s1. The van der Waals surface area contributed by atoms with Gasteiger partial charge in [-0.3, -0.25) is 0 Å². The van der Waals surface area contributed by atoms with Gasteiger partial charge >= 0.3 is 6.09 Å². The molecule has 0 bridgehead atoms. The van der Waals surface area contributed by atoms with Crippen LogP contribution in [-0.4, -0.2) is 37.4 Å². The average Bonchev–Trinajstić information content (AvgIpc) is 2.59. The lowest BCUT2D eigenvalue weighted by atomic mass is 9.74. The molecule has 1 heterocycles. The number of benzene rings is 1. The highest BCUT2D eigenvalue weighted by Gasteiger charge is 2.38. The molecule has 0 spiro atoms. The van der Waals surface area contributed by atoms with Crippen molar-refractivity contribution in [3.8, 4) is 0 Å². The molecule has 1 amide bonds. The van der Waals surface area contributed by atoms with Crippen molar-refractivity contribution in [3.63, 3.8) is 0 Å². The Morgan fingerprint density at radius 1 is 1.54 bits per heavy atom. The fraction of sp³-hybridized carbons (Fsp3) is 0.611. The van der Waals surface area contributed by atoms with E-state index in [1.807, 2.05) is 24.3 Å². The molecule has 0 saturated carbocycles. The van der Waals surface area contributed by atoms with Gasteiger partial charge < -0.3 is 20.5 Å². The Morgan fingerprint density at radius 3 is 3.04 bits per heavy atom. The Morgan fingerprint density at radius 2 is 2.38 bits per heavy atom. The molecule has 1 aliphatic rings. The summed E-state index contributed by atoms with van der Waals surface area (Å²) in [4.78, 5) is 11.4. The highest BCUT2D eigenvalue weighted by molar-refractivity contribution is 6.30. The Hall–Kier alpha value is -1.30. The lowest BCUT2D eigenvalue weighted by molar-refractivity contribution is -0.0420. The van der Waals surface area contributed by atoms with Crippen LogP contribution in [0.25, 0.3) is 0 Å². The van der Waals surface area contributed by atoms with E-state index < -0.39 is 11.7 Å². The minimum atomic E-state index is -0.950. The zero-order chi connectivity index (χ0) is 17.4. The number of carbonyl (C=O) groups is 1. The van der Waals surface area contributed by atoms with Crippen LogP contribution < -0.4 is 10.6 Å². The van der Waals surface area contributed by atoms with Crippen molar-refractivity contribution in [2.24, 2.45) is 5.92 Å². The Labute approximate surface area is 148 Å². The van der Waals surface area contributed by atoms with Crippen molar-refractivity contribution >= 4 is 17.7 Å². The van der Waals surface area contributed by atoms with Crippen molar-refractivity contribution in [2.45, 2.75) is 38.2 Å². The second kappa shape index (κ2) is 9.25. The first-order chi connectivity index (χ1) is 11.6. The zero-order valence-corrected chi connectivity index (χ0v) is 14.9. The van der Waals surface area contributed by atoms with Crippen LogP contribution in [0, 0.1) is 5.92 Å². The summed E-state index contributed by atoms with van der Waals surface area (Å²) in [6.07, 6.45) is 2.84. The predicted octanol–water partition coefficient (Wildman–Crippen LogP) is 3.05. The van der Waals surface area contributed by atoms with E-state index >= 15 is 0 Å². The molecule has 1 fully saturated rings. The van der Waals surface area contributed by atoms with Gasteiger partial charge in [-0.05, 0) is 56.8 Å². The van der Waals surface area contributed by atoms with E-state index in [-0.39, 0.29) is 5.92 Å². The monoisotopic (exact) mass is 354 g/mol. The number of halogens is 1. The van der Waals surface area contributed by atoms with Crippen molar-refractivity contribution < 1.29 is 14.6 Å². The quantitative estimate of drug-likeness (QED) is 0.658. The maximum atomic E-state index is 11.5. The van der Waals surface area contributed by atoms with E-state index in [0.29, 0.717) is 31.0 Å². The van der Waals surface area contributed by atoms with E-state index in [0.717, 1.165) is 31.5 Å². The number of ether oxygens (including phenoxy) is 1. The fourth-order valence-corrected chi connectivity index (χ4v) is 3.52. The second-order valence-electron chi connectivity index (χ2n) is 6.23. The van der Waals surface area contributed by atoms with E-state index in [1.165, 1.54) is 0 Å². The first-order valence-electron chi connectivity index (χ1n) is 8.66. The predicted molar refractivity (Wildman–Crippen MR) is 95.2 cm³/mol. The molecule has 3 N–H and O–H groups in total. The molecule has 2 atom stereocenters. The number of piperidine rings is 1. The van der Waals surface area contributed by atoms with Gasteiger partial charge in [0.2, 0.25) is 0 Å². The van der Waals surface area contributed by atoms with Crippen LogP contribution in [0.1, 0.15) is 38.2 Å². The second-order valence-corrected chi connectivity index (χ2v) is 6.67. The van der Waals surface area contributed by atoms with Gasteiger partial charge in [-0.2, -0.15) is 0 Å². The first kappa shape index (κ1) is 19.0. The van der Waals surface area contributed by atoms with E-state index in [2.05, 4.69) is 10.6 Å². The van der Waals surface area contributed by atoms with Crippen molar-refractivity contribution in [2.75, 3.05) is 26.2 Å². The van der Waals surface area contributed by atoms with Gasteiger partial charge in [-0.25, -0.2) is 4.79 Å². The molecule has 1 aromatic rings. The molecule has 0 aliphatic carbocycles. The van der Waals surface area contributed by atoms with Crippen LogP contribution in [0.3, 0.4) is 0 Å². The van der Waals surface area contributed by atoms with E-state index in [4.69, 9.17) is 16.3 Å². The Balaban J connectivity index is 2.04. The third-order valence-electron chi connectivity index (χ3n) is 4.58. The number of aliphatic hydroxyl groups is 1. The molecule has 1 aromatic carbocycles. The summed E-state index contributed by atoms with van der Waals surface area (Å²) in [7, 11) is 0. The number of carbonyl (C=O) groups excluding carboxylic acids is 1. The summed E-state index contributed by atoms with van der Waals surface area (Å²) in [5.74, 6) is 0.132. The number of hydrogen-bond donors (Lipinski definition) is 3. The number of nitrogens with one attached hydrogen (secondary N) is 2. The van der Waals surface area contributed by atoms with Crippen molar-refractivity contribution in [1.82, 2.24) is 10.6 Å². The van der Waals surface area contributed by atoms with Crippen LogP contribution in [-0.2, 0) is 10.3 Å². The molecule has 6 heteroatoms. The maximum absolute atomic E-state index is 11.5. The lowest BCUT2D eigenvalue weighted by Gasteiger charge is -2.39. The molecule has 1 aliphatic heterocycles. The van der Waals surface area contributed by atoms with Crippen LogP contribution in [0.15, 0.2) is 24.3 Å². The van der Waals surface area contributed by atoms with Crippen LogP contribution in [0.4, 0.5) is 4.79 Å². The van der Waals surface area contributed by atoms with Gasteiger partial charge in [0.15, 0.2) is 0 Å². The normalized spacial score (nSPS) is 20.2. The lowest BCUT2D eigenvalue weighted by Crippen LogP contribution is -2.44. The summed E-state index contributed by atoms with van der Waals surface area (Å²) in [6, 6.07) is 7.46.